The summed E-state index contributed by atoms with van der Waals surface area (Å²) in [6.07, 6.45) is 4.66. The van der Waals surface area contributed by atoms with Gasteiger partial charge in [0.2, 0.25) is 5.91 Å². The Morgan fingerprint density at radius 2 is 2.33 bits per heavy atom. The van der Waals surface area contributed by atoms with E-state index in [2.05, 4.69) is 16.4 Å². The molecule has 1 aromatic carbocycles. The van der Waals surface area contributed by atoms with Gasteiger partial charge in [0, 0.05) is 19.6 Å². The predicted molar refractivity (Wildman–Crippen MR) is 84.5 cm³/mol. The van der Waals surface area contributed by atoms with Crippen LogP contribution in [0.4, 0.5) is 0 Å². The molecule has 0 aliphatic carbocycles. The van der Waals surface area contributed by atoms with Gasteiger partial charge in [0.15, 0.2) is 0 Å². The van der Waals surface area contributed by atoms with Gasteiger partial charge in [-0.05, 0) is 37.8 Å². The molecule has 0 spiro atoms. The van der Waals surface area contributed by atoms with E-state index in [1.807, 2.05) is 18.2 Å². The number of hydrogen-bond donors (Lipinski definition) is 1. The van der Waals surface area contributed by atoms with Crippen molar-refractivity contribution in [1.82, 2.24) is 10.3 Å². The smallest absolute Gasteiger partial charge is 0.220 e. The third kappa shape index (κ3) is 4.02. The van der Waals surface area contributed by atoms with Crippen molar-refractivity contribution in [3.8, 4) is 0 Å². The minimum atomic E-state index is 0.117. The number of para-hydroxylation sites is 1. The van der Waals surface area contributed by atoms with E-state index in [-0.39, 0.29) is 12.0 Å². The number of rotatable bonds is 6. The lowest BCUT2D eigenvalue weighted by molar-refractivity contribution is -0.121. The second-order valence-electron chi connectivity index (χ2n) is 5.37. The monoisotopic (exact) mass is 304 g/mol. The zero-order valence-corrected chi connectivity index (χ0v) is 12.8. The Morgan fingerprint density at radius 1 is 1.43 bits per heavy atom. The third-order valence-electron chi connectivity index (χ3n) is 3.68. The fraction of sp³-hybridized carbons (Fsp3) is 0.500. The minimum Gasteiger partial charge on any atom is -0.376 e. The number of nitrogens with zero attached hydrogens (tertiary/aromatic N) is 1. The second kappa shape index (κ2) is 7.00. The van der Waals surface area contributed by atoms with Crippen LogP contribution >= 0.6 is 11.3 Å². The number of hydrogen-bond acceptors (Lipinski definition) is 4. The van der Waals surface area contributed by atoms with E-state index in [9.17, 15) is 4.79 Å². The molecule has 1 aromatic heterocycles. The molecule has 2 heterocycles. The zero-order chi connectivity index (χ0) is 14.5. The van der Waals surface area contributed by atoms with Gasteiger partial charge in [-0.2, -0.15) is 0 Å². The van der Waals surface area contributed by atoms with E-state index in [1.165, 1.54) is 4.70 Å². The molecule has 21 heavy (non-hydrogen) atoms. The highest BCUT2D eigenvalue weighted by Gasteiger charge is 2.15. The fourth-order valence-corrected chi connectivity index (χ4v) is 3.56. The minimum absolute atomic E-state index is 0.117. The molecule has 2 aromatic rings. The molecule has 5 heteroatoms. The molecule has 4 nitrogen and oxygen atoms in total. The number of carbonyl (C=O) groups excluding carboxylic acids is 1. The SMILES string of the molecule is O=C(CCCc1nc2ccccc2s1)NCC1CCCO1. The average molecular weight is 304 g/mol. The highest BCUT2D eigenvalue weighted by Crippen LogP contribution is 2.22. The molecule has 1 N–H and O–H groups in total. The molecule has 0 saturated carbocycles. The van der Waals surface area contributed by atoms with Crippen molar-refractivity contribution >= 4 is 27.5 Å². The molecular weight excluding hydrogens is 284 g/mol. The van der Waals surface area contributed by atoms with Crippen molar-refractivity contribution in [2.24, 2.45) is 0 Å². The van der Waals surface area contributed by atoms with Gasteiger partial charge >= 0.3 is 0 Å². The maximum Gasteiger partial charge on any atom is 0.220 e. The summed E-state index contributed by atoms with van der Waals surface area (Å²) < 4.78 is 6.71. The Labute approximate surface area is 128 Å². The van der Waals surface area contributed by atoms with Gasteiger partial charge in [-0.25, -0.2) is 4.98 Å². The number of carbonyl (C=O) groups is 1. The third-order valence-corrected chi connectivity index (χ3v) is 4.78. The van der Waals surface area contributed by atoms with Crippen LogP contribution in [0.1, 0.15) is 30.7 Å². The summed E-state index contributed by atoms with van der Waals surface area (Å²) in [7, 11) is 0. The van der Waals surface area contributed by atoms with Gasteiger partial charge < -0.3 is 10.1 Å². The van der Waals surface area contributed by atoms with Crippen LogP contribution in [0.2, 0.25) is 0 Å². The normalized spacial score (nSPS) is 18.2. The summed E-state index contributed by atoms with van der Waals surface area (Å²) in [5, 5.41) is 4.07. The summed E-state index contributed by atoms with van der Waals surface area (Å²) >= 11 is 1.72. The molecular formula is C16H20N2O2S. The highest BCUT2D eigenvalue weighted by atomic mass is 32.1. The van der Waals surface area contributed by atoms with Crippen molar-refractivity contribution in [2.75, 3.05) is 13.2 Å². The molecule has 112 valence electrons. The molecule has 3 rings (SSSR count). The molecule has 0 radical (unpaired) electrons. The van der Waals surface area contributed by atoms with E-state index < -0.39 is 0 Å². The number of aryl methyl sites for hydroxylation is 1. The van der Waals surface area contributed by atoms with Crippen LogP contribution < -0.4 is 5.32 Å². The van der Waals surface area contributed by atoms with E-state index >= 15 is 0 Å². The number of aromatic nitrogens is 1. The second-order valence-corrected chi connectivity index (χ2v) is 6.48. The van der Waals surface area contributed by atoms with Crippen molar-refractivity contribution in [3.05, 3.63) is 29.3 Å². The molecule has 1 unspecified atom stereocenters. The van der Waals surface area contributed by atoms with Crippen LogP contribution in [0.25, 0.3) is 10.2 Å². The number of amides is 1. The first-order valence-electron chi connectivity index (χ1n) is 7.54. The van der Waals surface area contributed by atoms with E-state index in [1.54, 1.807) is 11.3 Å². The zero-order valence-electron chi connectivity index (χ0n) is 12.0. The lowest BCUT2D eigenvalue weighted by atomic mass is 10.2. The molecule has 1 amide bonds. The van der Waals surface area contributed by atoms with Crippen LogP contribution in [-0.2, 0) is 16.0 Å². The standard InChI is InChI=1S/C16H20N2O2S/c19-15(17-11-12-5-4-10-20-12)8-3-9-16-18-13-6-1-2-7-14(13)21-16/h1-2,6-7,12H,3-5,8-11H2,(H,17,19). The Hall–Kier alpha value is -1.46. The van der Waals surface area contributed by atoms with Crippen LogP contribution in [0.5, 0.6) is 0 Å². The number of nitrogens with one attached hydrogen (secondary N) is 1. The lowest BCUT2D eigenvalue weighted by Gasteiger charge is -2.10. The summed E-state index contributed by atoms with van der Waals surface area (Å²) in [5.41, 5.74) is 1.06. The highest BCUT2D eigenvalue weighted by molar-refractivity contribution is 7.18. The number of fused-ring (bicyclic) bond motifs is 1. The van der Waals surface area contributed by atoms with Gasteiger partial charge in [0.1, 0.15) is 0 Å². The summed E-state index contributed by atoms with van der Waals surface area (Å²) in [5.74, 6) is 0.117. The van der Waals surface area contributed by atoms with Crippen molar-refractivity contribution in [1.29, 1.82) is 0 Å². The predicted octanol–water partition coefficient (Wildman–Crippen LogP) is 2.91. The molecule has 1 atom stereocenters. The maximum absolute atomic E-state index is 11.8. The topological polar surface area (TPSA) is 51.2 Å². The molecule has 0 bridgehead atoms. The number of ether oxygens (including phenoxy) is 1. The summed E-state index contributed by atoms with van der Waals surface area (Å²) in [6.45, 7) is 1.48. The number of thiazole rings is 1. The first-order valence-corrected chi connectivity index (χ1v) is 8.35. The van der Waals surface area contributed by atoms with Crippen molar-refractivity contribution in [3.63, 3.8) is 0 Å². The Morgan fingerprint density at radius 3 is 3.14 bits per heavy atom. The van der Waals surface area contributed by atoms with Crippen molar-refractivity contribution in [2.45, 2.75) is 38.2 Å². The lowest BCUT2D eigenvalue weighted by Crippen LogP contribution is -2.31. The molecule has 1 fully saturated rings. The van der Waals surface area contributed by atoms with Crippen LogP contribution in [0, 0.1) is 0 Å². The largest absolute Gasteiger partial charge is 0.376 e. The number of benzene rings is 1. The van der Waals surface area contributed by atoms with Crippen molar-refractivity contribution < 1.29 is 9.53 Å². The van der Waals surface area contributed by atoms with E-state index in [0.717, 1.165) is 42.8 Å². The van der Waals surface area contributed by atoms with E-state index in [0.29, 0.717) is 13.0 Å². The maximum atomic E-state index is 11.8. The average Bonchev–Trinajstić information content (AvgIpc) is 3.14. The van der Waals surface area contributed by atoms with Gasteiger partial charge in [0.25, 0.3) is 0 Å². The van der Waals surface area contributed by atoms with E-state index in [4.69, 9.17) is 4.74 Å². The van der Waals surface area contributed by atoms with Gasteiger partial charge in [-0.1, -0.05) is 12.1 Å². The first-order chi connectivity index (χ1) is 10.3. The molecule has 1 saturated heterocycles. The summed E-state index contributed by atoms with van der Waals surface area (Å²) in [4.78, 5) is 16.4. The van der Waals surface area contributed by atoms with Gasteiger partial charge in [-0.3, -0.25) is 4.79 Å². The Balaban J connectivity index is 1.39. The molecule has 1 aliphatic heterocycles. The van der Waals surface area contributed by atoms with Crippen LogP contribution in [0.3, 0.4) is 0 Å². The Bertz CT molecular complexity index is 572. The fourth-order valence-electron chi connectivity index (χ4n) is 2.55. The van der Waals surface area contributed by atoms with Crippen LogP contribution in [0.15, 0.2) is 24.3 Å². The quantitative estimate of drug-likeness (QED) is 0.892. The molecule has 1 aliphatic rings. The Kier molecular flexibility index (Phi) is 4.83. The first kappa shape index (κ1) is 14.5. The van der Waals surface area contributed by atoms with Gasteiger partial charge in [0.05, 0.1) is 21.3 Å². The van der Waals surface area contributed by atoms with Gasteiger partial charge in [-0.15, -0.1) is 11.3 Å². The van der Waals surface area contributed by atoms with Crippen LogP contribution in [-0.4, -0.2) is 30.1 Å². The summed E-state index contributed by atoms with van der Waals surface area (Å²) in [6, 6.07) is 8.15.